The maximum atomic E-state index is 6.24. The van der Waals surface area contributed by atoms with Crippen LogP contribution in [0.5, 0.6) is 0 Å². The Morgan fingerprint density at radius 1 is 0.905 bits per heavy atom. The fourth-order valence-corrected chi connectivity index (χ4v) is 2.33. The van der Waals surface area contributed by atoms with Crippen LogP contribution in [0.15, 0.2) is 54.6 Å². The molecule has 0 aliphatic carbocycles. The van der Waals surface area contributed by atoms with E-state index < -0.39 is 0 Å². The molecule has 0 unspecified atom stereocenters. The molecule has 1 atom stereocenters. The van der Waals surface area contributed by atoms with Crippen LogP contribution in [-0.2, 0) is 6.54 Å². The van der Waals surface area contributed by atoms with Crippen LogP contribution < -0.4 is 11.1 Å². The second-order valence-corrected chi connectivity index (χ2v) is 6.04. The van der Waals surface area contributed by atoms with Gasteiger partial charge in [-0.2, -0.15) is 0 Å². The van der Waals surface area contributed by atoms with Crippen molar-refractivity contribution in [2.75, 3.05) is 5.32 Å². The molecule has 0 saturated heterocycles. The topological polar surface area (TPSA) is 38.0 Å². The summed E-state index contributed by atoms with van der Waals surface area (Å²) >= 11 is 0. The lowest BCUT2D eigenvalue weighted by atomic mass is 9.98. The maximum Gasteiger partial charge on any atom is 0.0400 e. The average Bonchev–Trinajstić information content (AvgIpc) is 2.52. The van der Waals surface area contributed by atoms with E-state index in [1.165, 1.54) is 17.5 Å². The Balaban J connectivity index is 1.87. The summed E-state index contributed by atoms with van der Waals surface area (Å²) in [5, 5.41) is 3.44. The lowest BCUT2D eigenvalue weighted by Crippen LogP contribution is -2.11. The molecule has 21 heavy (non-hydrogen) atoms. The molecule has 0 amide bonds. The largest absolute Gasteiger partial charge is 0.381 e. The predicted molar refractivity (Wildman–Crippen MR) is 91.2 cm³/mol. The zero-order valence-electron chi connectivity index (χ0n) is 13.0. The first-order valence-corrected chi connectivity index (χ1v) is 7.78. The zero-order valence-corrected chi connectivity index (χ0v) is 13.0. The summed E-state index contributed by atoms with van der Waals surface area (Å²) in [7, 11) is 0. The summed E-state index contributed by atoms with van der Waals surface area (Å²) in [5.74, 6) is 0.711. The molecule has 0 aromatic heterocycles. The van der Waals surface area contributed by atoms with Gasteiger partial charge in [-0.25, -0.2) is 0 Å². The molecule has 0 heterocycles. The van der Waals surface area contributed by atoms with Gasteiger partial charge in [0.2, 0.25) is 0 Å². The molecular weight excluding hydrogens is 256 g/mol. The summed E-state index contributed by atoms with van der Waals surface area (Å²) in [6.45, 7) is 5.33. The molecule has 0 fully saturated rings. The van der Waals surface area contributed by atoms with Gasteiger partial charge >= 0.3 is 0 Å². The Hall–Kier alpha value is -1.80. The van der Waals surface area contributed by atoms with Crippen LogP contribution >= 0.6 is 0 Å². The highest BCUT2D eigenvalue weighted by molar-refractivity contribution is 5.45. The van der Waals surface area contributed by atoms with Gasteiger partial charge in [-0.1, -0.05) is 56.3 Å². The SMILES string of the molecule is CC(C)CC[C@H](N)c1ccc(NCc2ccccc2)cc1. The zero-order chi connectivity index (χ0) is 15.1. The fourth-order valence-electron chi connectivity index (χ4n) is 2.33. The smallest absolute Gasteiger partial charge is 0.0400 e. The van der Waals surface area contributed by atoms with Crippen molar-refractivity contribution in [3.8, 4) is 0 Å². The van der Waals surface area contributed by atoms with E-state index in [2.05, 4.69) is 67.7 Å². The van der Waals surface area contributed by atoms with Gasteiger partial charge in [0.15, 0.2) is 0 Å². The van der Waals surface area contributed by atoms with Crippen molar-refractivity contribution in [2.45, 2.75) is 39.3 Å². The van der Waals surface area contributed by atoms with Gasteiger partial charge in [0.05, 0.1) is 0 Å². The number of hydrogen-bond donors (Lipinski definition) is 2. The Labute approximate surface area is 128 Å². The molecule has 2 aromatic rings. The lowest BCUT2D eigenvalue weighted by molar-refractivity contribution is 0.507. The van der Waals surface area contributed by atoms with Crippen molar-refractivity contribution in [1.29, 1.82) is 0 Å². The van der Waals surface area contributed by atoms with E-state index in [1.807, 2.05) is 6.07 Å². The highest BCUT2D eigenvalue weighted by Gasteiger charge is 2.07. The fraction of sp³-hybridized carbons (Fsp3) is 0.368. The Bertz CT molecular complexity index is 517. The first-order chi connectivity index (χ1) is 10.1. The molecule has 2 heteroatoms. The first-order valence-electron chi connectivity index (χ1n) is 7.78. The van der Waals surface area contributed by atoms with Crippen molar-refractivity contribution < 1.29 is 0 Å². The van der Waals surface area contributed by atoms with Gasteiger partial charge in [0.1, 0.15) is 0 Å². The summed E-state index contributed by atoms with van der Waals surface area (Å²) in [5.41, 5.74) is 9.89. The third kappa shape index (κ3) is 5.24. The molecule has 0 saturated carbocycles. The third-order valence-corrected chi connectivity index (χ3v) is 3.73. The number of anilines is 1. The third-order valence-electron chi connectivity index (χ3n) is 3.73. The predicted octanol–water partition coefficient (Wildman–Crippen LogP) is 4.73. The van der Waals surface area contributed by atoms with E-state index >= 15 is 0 Å². The van der Waals surface area contributed by atoms with E-state index in [-0.39, 0.29) is 6.04 Å². The van der Waals surface area contributed by atoms with E-state index in [9.17, 15) is 0 Å². The minimum atomic E-state index is 0.149. The molecule has 2 nitrogen and oxygen atoms in total. The van der Waals surface area contributed by atoms with Gasteiger partial charge in [0.25, 0.3) is 0 Å². The van der Waals surface area contributed by atoms with Crippen LogP contribution in [0.2, 0.25) is 0 Å². The van der Waals surface area contributed by atoms with Crippen LogP contribution in [0.1, 0.15) is 43.9 Å². The molecule has 112 valence electrons. The number of nitrogens with one attached hydrogen (secondary N) is 1. The average molecular weight is 282 g/mol. The molecule has 2 rings (SSSR count). The monoisotopic (exact) mass is 282 g/mol. The second-order valence-electron chi connectivity index (χ2n) is 6.04. The Morgan fingerprint density at radius 3 is 2.19 bits per heavy atom. The van der Waals surface area contributed by atoms with Crippen molar-refractivity contribution in [3.05, 3.63) is 65.7 Å². The molecule has 0 spiro atoms. The number of benzene rings is 2. The van der Waals surface area contributed by atoms with Crippen LogP contribution in [0, 0.1) is 5.92 Å². The van der Waals surface area contributed by atoms with Crippen LogP contribution in [0.25, 0.3) is 0 Å². The van der Waals surface area contributed by atoms with Gasteiger partial charge in [-0.3, -0.25) is 0 Å². The Kier molecular flexibility index (Phi) is 5.82. The van der Waals surface area contributed by atoms with Crippen molar-refractivity contribution >= 4 is 5.69 Å². The van der Waals surface area contributed by atoms with E-state index in [1.54, 1.807) is 0 Å². The number of rotatable bonds is 7. The van der Waals surface area contributed by atoms with E-state index in [0.717, 1.165) is 18.7 Å². The summed E-state index contributed by atoms with van der Waals surface area (Å²) in [4.78, 5) is 0. The first kappa shape index (κ1) is 15.6. The molecule has 0 aliphatic heterocycles. The van der Waals surface area contributed by atoms with Crippen LogP contribution in [0.3, 0.4) is 0 Å². The van der Waals surface area contributed by atoms with Gasteiger partial charge in [0, 0.05) is 18.3 Å². The van der Waals surface area contributed by atoms with Crippen molar-refractivity contribution in [3.63, 3.8) is 0 Å². The Morgan fingerprint density at radius 2 is 1.57 bits per heavy atom. The standard InChI is InChI=1S/C19H26N2/c1-15(2)8-13-19(20)17-9-11-18(12-10-17)21-14-16-6-4-3-5-7-16/h3-7,9-12,15,19,21H,8,13-14,20H2,1-2H3/t19-/m0/s1. The van der Waals surface area contributed by atoms with Crippen molar-refractivity contribution in [1.82, 2.24) is 0 Å². The number of nitrogens with two attached hydrogens (primary N) is 1. The normalized spacial score (nSPS) is 12.4. The quantitative estimate of drug-likeness (QED) is 0.770. The second kappa shape index (κ2) is 7.84. The van der Waals surface area contributed by atoms with E-state index in [0.29, 0.717) is 5.92 Å². The van der Waals surface area contributed by atoms with Gasteiger partial charge in [-0.05, 0) is 42.0 Å². The molecule has 0 aliphatic rings. The van der Waals surface area contributed by atoms with Gasteiger partial charge < -0.3 is 11.1 Å². The number of hydrogen-bond acceptors (Lipinski definition) is 2. The van der Waals surface area contributed by atoms with Crippen molar-refractivity contribution in [2.24, 2.45) is 11.7 Å². The minimum Gasteiger partial charge on any atom is -0.381 e. The molecule has 0 bridgehead atoms. The molecule has 3 N–H and O–H groups in total. The lowest BCUT2D eigenvalue weighted by Gasteiger charge is -2.14. The molecule has 2 aromatic carbocycles. The maximum absolute atomic E-state index is 6.24. The highest BCUT2D eigenvalue weighted by Crippen LogP contribution is 2.20. The van der Waals surface area contributed by atoms with Crippen LogP contribution in [0.4, 0.5) is 5.69 Å². The summed E-state index contributed by atoms with van der Waals surface area (Å²) in [6.07, 6.45) is 2.23. The molecular formula is C19H26N2. The molecule has 0 radical (unpaired) electrons. The van der Waals surface area contributed by atoms with Crippen LogP contribution in [-0.4, -0.2) is 0 Å². The van der Waals surface area contributed by atoms with Gasteiger partial charge in [-0.15, -0.1) is 0 Å². The highest BCUT2D eigenvalue weighted by atomic mass is 14.9. The summed E-state index contributed by atoms with van der Waals surface area (Å²) < 4.78 is 0. The summed E-state index contributed by atoms with van der Waals surface area (Å²) in [6, 6.07) is 19.1. The van der Waals surface area contributed by atoms with E-state index in [4.69, 9.17) is 5.73 Å². The minimum absolute atomic E-state index is 0.149.